The zero-order chi connectivity index (χ0) is 16.7. The van der Waals surface area contributed by atoms with Gasteiger partial charge in [0.2, 0.25) is 5.91 Å². The van der Waals surface area contributed by atoms with E-state index < -0.39 is 0 Å². The zero-order valence-corrected chi connectivity index (χ0v) is 15.7. The standard InChI is InChI=1S/C15H16BrN3O2S2/c1-2-22-8-10-7-13(20)19-15(17-10)23-9-14(21)18-12-6-4-3-5-11(12)16/h3-7H,2,8-9H2,1H3,(H,18,21)(H,17,19,20). The predicted molar refractivity (Wildman–Crippen MR) is 100 cm³/mol. The lowest BCUT2D eigenvalue weighted by Crippen LogP contribution is -2.16. The second-order valence-corrected chi connectivity index (χ2v) is 7.59. The number of aromatic amines is 1. The van der Waals surface area contributed by atoms with Crippen LogP contribution in [-0.4, -0.2) is 27.4 Å². The first-order chi connectivity index (χ1) is 11.1. The molecule has 0 bridgehead atoms. The fourth-order valence-electron chi connectivity index (χ4n) is 1.72. The molecule has 1 aromatic carbocycles. The van der Waals surface area contributed by atoms with Crippen LogP contribution in [0, 0.1) is 0 Å². The van der Waals surface area contributed by atoms with Crippen LogP contribution >= 0.6 is 39.5 Å². The fraction of sp³-hybridized carbons (Fsp3) is 0.267. The summed E-state index contributed by atoms with van der Waals surface area (Å²) < 4.78 is 0.823. The van der Waals surface area contributed by atoms with Gasteiger partial charge in [-0.3, -0.25) is 9.59 Å². The molecule has 2 rings (SSSR count). The maximum Gasteiger partial charge on any atom is 0.251 e. The smallest absolute Gasteiger partial charge is 0.251 e. The third-order valence-electron chi connectivity index (χ3n) is 2.71. The van der Waals surface area contributed by atoms with E-state index in [0.717, 1.165) is 15.9 Å². The zero-order valence-electron chi connectivity index (χ0n) is 12.5. The molecule has 1 amide bonds. The fourth-order valence-corrected chi connectivity index (χ4v) is 3.35. The molecule has 1 heterocycles. The summed E-state index contributed by atoms with van der Waals surface area (Å²) in [4.78, 5) is 30.7. The van der Waals surface area contributed by atoms with Gasteiger partial charge in [0, 0.05) is 16.3 Å². The van der Waals surface area contributed by atoms with Crippen molar-refractivity contribution < 1.29 is 4.79 Å². The van der Waals surface area contributed by atoms with Gasteiger partial charge in [-0.25, -0.2) is 4.98 Å². The number of amides is 1. The van der Waals surface area contributed by atoms with E-state index in [9.17, 15) is 9.59 Å². The lowest BCUT2D eigenvalue weighted by Gasteiger charge is -2.07. The molecule has 8 heteroatoms. The van der Waals surface area contributed by atoms with E-state index in [0.29, 0.717) is 16.6 Å². The number of H-pyrrole nitrogens is 1. The van der Waals surface area contributed by atoms with E-state index >= 15 is 0 Å². The highest BCUT2D eigenvalue weighted by atomic mass is 79.9. The molecule has 0 aliphatic rings. The first-order valence-electron chi connectivity index (χ1n) is 6.93. The number of hydrogen-bond donors (Lipinski definition) is 2. The molecule has 122 valence electrons. The van der Waals surface area contributed by atoms with Gasteiger partial charge >= 0.3 is 0 Å². The van der Waals surface area contributed by atoms with E-state index in [1.54, 1.807) is 11.8 Å². The monoisotopic (exact) mass is 413 g/mol. The molecule has 1 aromatic heterocycles. The van der Waals surface area contributed by atoms with E-state index in [1.807, 2.05) is 24.3 Å². The van der Waals surface area contributed by atoms with Gasteiger partial charge in [0.15, 0.2) is 5.16 Å². The highest BCUT2D eigenvalue weighted by Crippen LogP contribution is 2.22. The van der Waals surface area contributed by atoms with E-state index in [4.69, 9.17) is 0 Å². The molecule has 0 saturated carbocycles. The van der Waals surface area contributed by atoms with Gasteiger partial charge in [-0.2, -0.15) is 11.8 Å². The number of nitrogens with one attached hydrogen (secondary N) is 2. The number of benzene rings is 1. The van der Waals surface area contributed by atoms with Crippen molar-refractivity contribution in [3.05, 3.63) is 50.9 Å². The molecule has 0 aliphatic heterocycles. The molecule has 2 N–H and O–H groups in total. The van der Waals surface area contributed by atoms with Gasteiger partial charge in [0.05, 0.1) is 17.1 Å². The highest BCUT2D eigenvalue weighted by molar-refractivity contribution is 9.10. The number of anilines is 1. The van der Waals surface area contributed by atoms with Crippen LogP contribution in [0.1, 0.15) is 12.6 Å². The topological polar surface area (TPSA) is 74.8 Å². The number of thioether (sulfide) groups is 2. The number of nitrogens with zero attached hydrogens (tertiary/aromatic N) is 1. The summed E-state index contributed by atoms with van der Waals surface area (Å²) in [6.07, 6.45) is 0. The van der Waals surface area contributed by atoms with Gasteiger partial charge in [0.1, 0.15) is 0 Å². The maximum atomic E-state index is 12.0. The minimum absolute atomic E-state index is 0.155. The van der Waals surface area contributed by atoms with Crippen LogP contribution in [0.25, 0.3) is 0 Å². The number of para-hydroxylation sites is 1. The number of carbonyl (C=O) groups excluding carboxylic acids is 1. The van der Waals surface area contributed by atoms with Crippen LogP contribution in [0.2, 0.25) is 0 Å². The summed E-state index contributed by atoms with van der Waals surface area (Å²) in [5, 5.41) is 3.28. The van der Waals surface area contributed by atoms with Gasteiger partial charge in [-0.15, -0.1) is 0 Å². The molecular weight excluding hydrogens is 398 g/mol. The second kappa shape index (κ2) is 9.14. The molecule has 0 saturated heterocycles. The summed E-state index contributed by atoms with van der Waals surface area (Å²) in [6, 6.07) is 8.89. The van der Waals surface area contributed by atoms with Gasteiger partial charge in [-0.05, 0) is 33.8 Å². The molecule has 2 aromatic rings. The van der Waals surface area contributed by atoms with Crippen molar-refractivity contribution >= 4 is 51.0 Å². The van der Waals surface area contributed by atoms with E-state index in [1.165, 1.54) is 17.8 Å². The first-order valence-corrected chi connectivity index (χ1v) is 9.87. The van der Waals surface area contributed by atoms with Crippen LogP contribution in [0.5, 0.6) is 0 Å². The van der Waals surface area contributed by atoms with Crippen molar-refractivity contribution in [1.29, 1.82) is 0 Å². The number of rotatable bonds is 7. The third kappa shape index (κ3) is 6.04. The molecule has 23 heavy (non-hydrogen) atoms. The molecule has 0 fully saturated rings. The summed E-state index contributed by atoms with van der Waals surface area (Å²) in [6.45, 7) is 2.06. The second-order valence-electron chi connectivity index (χ2n) is 4.50. The van der Waals surface area contributed by atoms with Gasteiger partial charge in [0.25, 0.3) is 5.56 Å². The van der Waals surface area contributed by atoms with Crippen LogP contribution in [0.4, 0.5) is 5.69 Å². The Hall–Kier alpha value is -1.25. The Labute approximate surface area is 151 Å². The molecule has 0 unspecified atom stereocenters. The number of carbonyl (C=O) groups is 1. The quantitative estimate of drug-likeness (QED) is 0.536. The Balaban J connectivity index is 1.95. The Bertz CT molecular complexity index is 737. The van der Waals surface area contributed by atoms with Crippen molar-refractivity contribution in [3.63, 3.8) is 0 Å². The van der Waals surface area contributed by atoms with Crippen molar-refractivity contribution in [2.45, 2.75) is 17.8 Å². The van der Waals surface area contributed by atoms with Gasteiger partial charge in [-0.1, -0.05) is 30.8 Å². The summed E-state index contributed by atoms with van der Waals surface area (Å²) in [5.74, 6) is 1.68. The Morgan fingerprint density at radius 2 is 2.17 bits per heavy atom. The minimum Gasteiger partial charge on any atom is -0.324 e. The lowest BCUT2D eigenvalue weighted by molar-refractivity contribution is -0.113. The van der Waals surface area contributed by atoms with E-state index in [-0.39, 0.29) is 17.2 Å². The molecule has 5 nitrogen and oxygen atoms in total. The lowest BCUT2D eigenvalue weighted by atomic mass is 10.3. The Morgan fingerprint density at radius 1 is 1.39 bits per heavy atom. The molecular formula is C15H16BrN3O2S2. The van der Waals surface area contributed by atoms with Crippen molar-refractivity contribution in [1.82, 2.24) is 9.97 Å². The van der Waals surface area contributed by atoms with Crippen LogP contribution < -0.4 is 10.9 Å². The molecule has 0 aliphatic carbocycles. The molecule has 0 radical (unpaired) electrons. The highest BCUT2D eigenvalue weighted by Gasteiger charge is 2.08. The van der Waals surface area contributed by atoms with E-state index in [2.05, 4.69) is 38.1 Å². The average Bonchev–Trinajstić information content (AvgIpc) is 2.53. The Kier molecular flexibility index (Phi) is 7.19. The van der Waals surface area contributed by atoms with Crippen LogP contribution in [0.3, 0.4) is 0 Å². The minimum atomic E-state index is -0.194. The SMILES string of the molecule is CCSCc1cc(=O)[nH]c(SCC(=O)Nc2ccccc2Br)n1. The van der Waals surface area contributed by atoms with Gasteiger partial charge < -0.3 is 10.3 Å². The number of hydrogen-bond acceptors (Lipinski definition) is 5. The summed E-state index contributed by atoms with van der Waals surface area (Å²) in [7, 11) is 0. The van der Waals surface area contributed by atoms with Crippen molar-refractivity contribution in [2.24, 2.45) is 0 Å². The normalized spacial score (nSPS) is 10.5. The third-order valence-corrected chi connectivity index (χ3v) is 5.19. The summed E-state index contributed by atoms with van der Waals surface area (Å²) >= 11 is 6.29. The van der Waals surface area contributed by atoms with Crippen LogP contribution in [-0.2, 0) is 10.5 Å². The predicted octanol–water partition coefficient (Wildman–Crippen LogP) is 3.52. The molecule has 0 atom stereocenters. The molecule has 0 spiro atoms. The largest absolute Gasteiger partial charge is 0.324 e. The van der Waals surface area contributed by atoms with Crippen molar-refractivity contribution in [3.8, 4) is 0 Å². The Morgan fingerprint density at radius 3 is 2.91 bits per heavy atom. The first kappa shape index (κ1) is 18.1. The number of aromatic nitrogens is 2. The van der Waals surface area contributed by atoms with Crippen LogP contribution in [0.15, 0.2) is 44.8 Å². The average molecular weight is 414 g/mol. The number of halogens is 1. The summed E-state index contributed by atoms with van der Waals surface area (Å²) in [5.41, 5.74) is 1.25. The van der Waals surface area contributed by atoms with Crippen molar-refractivity contribution in [2.75, 3.05) is 16.8 Å². The maximum absolute atomic E-state index is 12.0.